The fourth-order valence-electron chi connectivity index (χ4n) is 4.05. The summed E-state index contributed by atoms with van der Waals surface area (Å²) in [6.45, 7) is 3.85. The van der Waals surface area contributed by atoms with Crippen molar-refractivity contribution >= 4 is 34.8 Å². The molecule has 0 bridgehead atoms. The van der Waals surface area contributed by atoms with Gasteiger partial charge in [-0.15, -0.1) is 13.2 Å². The summed E-state index contributed by atoms with van der Waals surface area (Å²) in [5, 5.41) is 8.04. The molecule has 1 saturated heterocycles. The molecular formula is C23H23Cl2F3N6O2. The minimum atomic E-state index is -4.87. The molecule has 13 heteroatoms. The number of para-hydroxylation sites is 1. The summed E-state index contributed by atoms with van der Waals surface area (Å²) in [6, 6.07) is 5.59. The number of nitrogens with one attached hydrogen (secondary N) is 1. The Bertz CT molecular complexity index is 1210. The maximum absolute atomic E-state index is 12.9. The predicted molar refractivity (Wildman–Crippen MR) is 131 cm³/mol. The van der Waals surface area contributed by atoms with Crippen LogP contribution in [0, 0.1) is 0 Å². The first-order valence-electron chi connectivity index (χ1n) is 11.1. The number of alkyl halides is 3. The number of anilines is 1. The van der Waals surface area contributed by atoms with Crippen LogP contribution in [0.4, 0.5) is 18.9 Å². The average molecular weight is 543 g/mol. The van der Waals surface area contributed by atoms with Crippen molar-refractivity contribution in [2.24, 2.45) is 7.05 Å². The van der Waals surface area contributed by atoms with Gasteiger partial charge in [0.15, 0.2) is 0 Å². The molecule has 0 radical (unpaired) electrons. The van der Waals surface area contributed by atoms with Gasteiger partial charge in [0.1, 0.15) is 11.4 Å². The second-order valence-corrected chi connectivity index (χ2v) is 8.96. The first kappa shape index (κ1) is 26.1. The smallest absolute Gasteiger partial charge is 0.405 e. The largest absolute Gasteiger partial charge is 0.573 e. The maximum atomic E-state index is 12.9. The third-order valence-corrected chi connectivity index (χ3v) is 6.22. The lowest BCUT2D eigenvalue weighted by atomic mass is 10.1. The zero-order chi connectivity index (χ0) is 25.9. The fourth-order valence-corrected chi connectivity index (χ4v) is 4.66. The number of ether oxygens (including phenoxy) is 1. The van der Waals surface area contributed by atoms with Gasteiger partial charge in [0, 0.05) is 70.5 Å². The second kappa shape index (κ2) is 10.9. The second-order valence-electron chi connectivity index (χ2n) is 8.15. The molecule has 1 aliphatic heterocycles. The molecule has 0 aliphatic carbocycles. The van der Waals surface area contributed by atoms with Gasteiger partial charge in [-0.25, -0.2) is 0 Å². The monoisotopic (exact) mass is 542 g/mol. The van der Waals surface area contributed by atoms with E-state index >= 15 is 0 Å². The van der Waals surface area contributed by atoms with Crippen LogP contribution in [0.1, 0.15) is 10.4 Å². The van der Waals surface area contributed by atoms with Gasteiger partial charge in [0.25, 0.3) is 5.91 Å². The van der Waals surface area contributed by atoms with Crippen LogP contribution in [0.2, 0.25) is 10.0 Å². The molecule has 192 valence electrons. The van der Waals surface area contributed by atoms with Crippen LogP contribution in [-0.4, -0.2) is 71.2 Å². The van der Waals surface area contributed by atoms with Crippen molar-refractivity contribution in [2.75, 3.05) is 44.2 Å². The molecule has 1 aromatic carbocycles. The highest BCUT2D eigenvalue weighted by molar-refractivity contribution is 6.38. The molecule has 1 amide bonds. The number of amides is 1. The molecule has 2 aromatic heterocycles. The van der Waals surface area contributed by atoms with Crippen LogP contribution < -0.4 is 15.0 Å². The number of benzene rings is 1. The number of carbonyl (C=O) groups excluding carboxylic acids is 1. The minimum Gasteiger partial charge on any atom is -0.405 e. The number of halogens is 5. The summed E-state index contributed by atoms with van der Waals surface area (Å²) < 4.78 is 44.1. The van der Waals surface area contributed by atoms with Crippen LogP contribution in [0.3, 0.4) is 0 Å². The van der Waals surface area contributed by atoms with Gasteiger partial charge in [0.2, 0.25) is 0 Å². The van der Waals surface area contributed by atoms with Crippen molar-refractivity contribution in [3.8, 4) is 17.0 Å². The Labute approximate surface area is 215 Å². The van der Waals surface area contributed by atoms with Gasteiger partial charge in [-0.3, -0.25) is 19.4 Å². The molecule has 1 fully saturated rings. The topological polar surface area (TPSA) is 75.5 Å². The molecule has 0 atom stereocenters. The maximum Gasteiger partial charge on any atom is 0.573 e. The summed E-state index contributed by atoms with van der Waals surface area (Å²) in [7, 11) is 1.59. The predicted octanol–water partition coefficient (Wildman–Crippen LogP) is 4.24. The number of nitrogens with zero attached hydrogens (tertiary/aromatic N) is 5. The number of pyridine rings is 1. The lowest BCUT2D eigenvalue weighted by Crippen LogP contribution is -2.48. The summed E-state index contributed by atoms with van der Waals surface area (Å²) >= 11 is 12.5. The standard InChI is InChI=1S/C23H23Cl2F3N6O2/c1-32-14-16(20(31-32)15-4-2-3-5-19(15)36-23(26,27)28)22(35)30-6-7-33-8-10-34(11-9-33)21-17(24)12-29-13-18(21)25/h2-5,12-14H,6-11H2,1H3,(H,30,35). The minimum absolute atomic E-state index is 0.0742. The van der Waals surface area contributed by atoms with Crippen LogP contribution >= 0.6 is 23.2 Å². The quantitative estimate of drug-likeness (QED) is 0.481. The van der Waals surface area contributed by atoms with Gasteiger partial charge in [-0.2, -0.15) is 5.10 Å². The molecule has 4 rings (SSSR count). The summed E-state index contributed by atoms with van der Waals surface area (Å²) in [6.07, 6.45) is -0.280. The van der Waals surface area contributed by atoms with E-state index in [-0.39, 0.29) is 16.8 Å². The molecule has 1 aliphatic rings. The molecule has 3 heterocycles. The van der Waals surface area contributed by atoms with E-state index in [1.54, 1.807) is 25.5 Å². The van der Waals surface area contributed by atoms with Crippen LogP contribution in [0.5, 0.6) is 5.75 Å². The van der Waals surface area contributed by atoms with Crippen LogP contribution in [0.15, 0.2) is 42.9 Å². The third-order valence-electron chi connectivity index (χ3n) is 5.67. The van der Waals surface area contributed by atoms with Gasteiger partial charge in [-0.1, -0.05) is 35.3 Å². The summed E-state index contributed by atoms with van der Waals surface area (Å²) in [4.78, 5) is 21.2. The summed E-state index contributed by atoms with van der Waals surface area (Å²) in [5.74, 6) is -0.862. The number of hydrogen-bond acceptors (Lipinski definition) is 6. The Hall–Kier alpha value is -3.02. The highest BCUT2D eigenvalue weighted by atomic mass is 35.5. The Morgan fingerprint density at radius 2 is 1.78 bits per heavy atom. The fraction of sp³-hybridized carbons (Fsp3) is 0.348. The first-order valence-corrected chi connectivity index (χ1v) is 11.8. The number of aromatic nitrogens is 3. The van der Waals surface area contributed by atoms with Crippen molar-refractivity contribution < 1.29 is 22.7 Å². The SMILES string of the molecule is Cn1cc(C(=O)NCCN2CCN(c3c(Cl)cncc3Cl)CC2)c(-c2ccccc2OC(F)(F)F)n1. The Morgan fingerprint density at radius 3 is 2.44 bits per heavy atom. The lowest BCUT2D eigenvalue weighted by molar-refractivity contribution is -0.274. The molecular weight excluding hydrogens is 520 g/mol. The Morgan fingerprint density at radius 1 is 1.11 bits per heavy atom. The number of rotatable bonds is 7. The normalized spacial score (nSPS) is 14.7. The van der Waals surface area contributed by atoms with Gasteiger partial charge in [-0.05, 0) is 12.1 Å². The van der Waals surface area contributed by atoms with Crippen molar-refractivity contribution in [2.45, 2.75) is 6.36 Å². The average Bonchev–Trinajstić information content (AvgIpc) is 3.21. The van der Waals surface area contributed by atoms with Gasteiger partial charge >= 0.3 is 6.36 Å². The van der Waals surface area contributed by atoms with Crippen LogP contribution in [0.25, 0.3) is 11.3 Å². The zero-order valence-corrected chi connectivity index (χ0v) is 20.7. The number of piperazine rings is 1. The Kier molecular flexibility index (Phi) is 7.91. The van der Waals surface area contributed by atoms with E-state index in [9.17, 15) is 18.0 Å². The molecule has 0 saturated carbocycles. The highest BCUT2D eigenvalue weighted by Crippen LogP contribution is 2.35. The van der Waals surface area contributed by atoms with Crippen molar-refractivity contribution in [3.63, 3.8) is 0 Å². The number of hydrogen-bond donors (Lipinski definition) is 1. The lowest BCUT2D eigenvalue weighted by Gasteiger charge is -2.36. The van der Waals surface area contributed by atoms with E-state index in [2.05, 4.69) is 29.9 Å². The highest BCUT2D eigenvalue weighted by Gasteiger charge is 2.33. The number of aryl methyl sites for hydroxylation is 1. The molecule has 8 nitrogen and oxygen atoms in total. The van der Waals surface area contributed by atoms with E-state index in [1.165, 1.54) is 29.1 Å². The molecule has 36 heavy (non-hydrogen) atoms. The van der Waals surface area contributed by atoms with E-state index in [0.717, 1.165) is 18.8 Å². The zero-order valence-electron chi connectivity index (χ0n) is 19.2. The van der Waals surface area contributed by atoms with Gasteiger partial charge < -0.3 is 15.0 Å². The van der Waals surface area contributed by atoms with E-state index in [4.69, 9.17) is 23.2 Å². The molecule has 0 spiro atoms. The van der Waals surface area contributed by atoms with Crippen molar-refractivity contribution in [1.82, 2.24) is 25.0 Å². The van der Waals surface area contributed by atoms with E-state index < -0.39 is 18.0 Å². The van der Waals surface area contributed by atoms with Crippen LogP contribution in [-0.2, 0) is 7.05 Å². The van der Waals surface area contributed by atoms with E-state index in [0.29, 0.717) is 36.2 Å². The van der Waals surface area contributed by atoms with E-state index in [1.807, 2.05) is 0 Å². The van der Waals surface area contributed by atoms with Gasteiger partial charge in [0.05, 0.1) is 21.3 Å². The van der Waals surface area contributed by atoms with Crippen molar-refractivity contribution in [3.05, 3.63) is 58.5 Å². The first-order chi connectivity index (χ1) is 17.1. The summed E-state index contributed by atoms with van der Waals surface area (Å²) in [5.41, 5.74) is 1.10. The Balaban J connectivity index is 1.36. The molecule has 3 aromatic rings. The third kappa shape index (κ3) is 6.21. The number of carbonyl (C=O) groups is 1. The molecule has 1 N–H and O–H groups in total. The van der Waals surface area contributed by atoms with Crippen molar-refractivity contribution in [1.29, 1.82) is 0 Å². The molecule has 0 unspecified atom stereocenters.